The maximum Gasteiger partial charge on any atom is 0.442 e. The van der Waals surface area contributed by atoms with Crippen LogP contribution in [-0.2, 0) is 5.75 Å². The van der Waals surface area contributed by atoms with E-state index >= 15 is 0 Å². The molecular weight excluding hydrogens is 237 g/mol. The minimum absolute atomic E-state index is 0.107. The first kappa shape index (κ1) is 11.2. The zero-order valence-electron chi connectivity index (χ0n) is 8.03. The molecule has 2 aromatic rings. The van der Waals surface area contributed by atoms with Crippen LogP contribution in [-0.4, -0.2) is 15.5 Å². The summed E-state index contributed by atoms with van der Waals surface area (Å²) in [5, 5.41) is 0. The van der Waals surface area contributed by atoms with E-state index in [0.717, 1.165) is 0 Å². The molecule has 0 aliphatic carbocycles. The smallest absolute Gasteiger partial charge is 0.253 e. The molecule has 0 aliphatic rings. The van der Waals surface area contributed by atoms with E-state index in [0.29, 0.717) is 16.7 Å². The number of hydrogen-bond donors (Lipinski definition) is 0. The van der Waals surface area contributed by atoms with Gasteiger partial charge in [0.1, 0.15) is 0 Å². The first-order valence-corrected chi connectivity index (χ1v) is 5.44. The van der Waals surface area contributed by atoms with Crippen LogP contribution in [0.5, 0.6) is 0 Å². The zero-order valence-corrected chi connectivity index (χ0v) is 8.85. The maximum atomic E-state index is 12.0. The highest BCUT2D eigenvalue weighted by Gasteiger charge is 2.28. The Morgan fingerprint density at radius 3 is 2.50 bits per heavy atom. The second-order valence-corrected chi connectivity index (χ2v) is 4.12. The van der Waals surface area contributed by atoms with Crippen molar-refractivity contribution >= 4 is 22.8 Å². The third-order valence-electron chi connectivity index (χ3n) is 1.88. The predicted molar refractivity (Wildman–Crippen MR) is 56.9 cm³/mol. The maximum absolute atomic E-state index is 12.0. The fourth-order valence-electron chi connectivity index (χ4n) is 1.22. The van der Waals surface area contributed by atoms with E-state index in [4.69, 9.17) is 0 Å². The third-order valence-corrected chi connectivity index (χ3v) is 2.65. The minimum atomic E-state index is -4.23. The molecule has 0 bridgehead atoms. The van der Waals surface area contributed by atoms with Gasteiger partial charge in [0.05, 0.1) is 16.7 Å². The van der Waals surface area contributed by atoms with Crippen molar-refractivity contribution in [3.8, 4) is 0 Å². The Labute approximate surface area is 93.9 Å². The number of nitrogens with zero attached hydrogens (tertiary/aromatic N) is 2. The van der Waals surface area contributed by atoms with E-state index in [-0.39, 0.29) is 17.5 Å². The molecule has 0 saturated heterocycles. The number of aromatic nitrogens is 2. The van der Waals surface area contributed by atoms with Gasteiger partial charge in [-0.1, -0.05) is 12.1 Å². The minimum Gasteiger partial charge on any atom is -0.253 e. The number of benzene rings is 1. The molecule has 84 valence electrons. The van der Waals surface area contributed by atoms with Gasteiger partial charge >= 0.3 is 5.51 Å². The van der Waals surface area contributed by atoms with Crippen LogP contribution < -0.4 is 0 Å². The summed E-state index contributed by atoms with van der Waals surface area (Å²) in [5.41, 5.74) is -2.60. The SMILES string of the molecule is FC(F)(F)SCc1cnc2ccccc2n1. The molecule has 0 atom stereocenters. The van der Waals surface area contributed by atoms with E-state index in [2.05, 4.69) is 9.97 Å². The molecule has 0 radical (unpaired) electrons. The quantitative estimate of drug-likeness (QED) is 0.809. The van der Waals surface area contributed by atoms with Gasteiger partial charge in [-0.2, -0.15) is 13.2 Å². The average molecular weight is 244 g/mol. The Bertz CT molecular complexity index is 499. The molecule has 0 spiro atoms. The van der Waals surface area contributed by atoms with E-state index in [1.165, 1.54) is 6.20 Å². The molecule has 0 unspecified atom stereocenters. The number of hydrogen-bond acceptors (Lipinski definition) is 3. The molecule has 6 heteroatoms. The van der Waals surface area contributed by atoms with Crippen molar-refractivity contribution in [1.82, 2.24) is 9.97 Å². The third kappa shape index (κ3) is 2.85. The molecule has 2 nitrogen and oxygen atoms in total. The van der Waals surface area contributed by atoms with Crippen LogP contribution in [0.15, 0.2) is 30.5 Å². The van der Waals surface area contributed by atoms with Crippen LogP contribution in [0.4, 0.5) is 13.2 Å². The molecule has 0 saturated carbocycles. The lowest BCUT2D eigenvalue weighted by Crippen LogP contribution is -2.01. The monoisotopic (exact) mass is 244 g/mol. The summed E-state index contributed by atoms with van der Waals surface area (Å²) in [6.07, 6.45) is 1.38. The predicted octanol–water partition coefficient (Wildman–Crippen LogP) is 3.38. The van der Waals surface area contributed by atoms with Gasteiger partial charge in [-0.3, -0.25) is 4.98 Å². The number of rotatable bonds is 2. The molecule has 1 aromatic carbocycles. The molecule has 1 heterocycles. The highest BCUT2D eigenvalue weighted by atomic mass is 32.2. The highest BCUT2D eigenvalue weighted by Crippen LogP contribution is 2.32. The number of fused-ring (bicyclic) bond motifs is 1. The normalized spacial score (nSPS) is 11.9. The number of alkyl halides is 3. The van der Waals surface area contributed by atoms with E-state index in [1.807, 2.05) is 0 Å². The number of halogens is 3. The molecule has 0 aliphatic heterocycles. The topological polar surface area (TPSA) is 25.8 Å². The fourth-order valence-corrected chi connectivity index (χ4v) is 1.67. The van der Waals surface area contributed by atoms with Crippen LogP contribution in [0.2, 0.25) is 0 Å². The van der Waals surface area contributed by atoms with Crippen LogP contribution in [0.1, 0.15) is 5.69 Å². The molecule has 16 heavy (non-hydrogen) atoms. The standard InChI is InChI=1S/C10H7F3N2S/c11-10(12,13)16-6-7-5-14-8-3-1-2-4-9(8)15-7/h1-5H,6H2. The van der Waals surface area contributed by atoms with Crippen molar-refractivity contribution in [1.29, 1.82) is 0 Å². The zero-order chi connectivity index (χ0) is 11.6. The van der Waals surface area contributed by atoms with Gasteiger partial charge < -0.3 is 0 Å². The van der Waals surface area contributed by atoms with Gasteiger partial charge in [-0.25, -0.2) is 4.98 Å². The molecule has 0 fully saturated rings. The van der Waals surface area contributed by atoms with Crippen LogP contribution in [0.25, 0.3) is 11.0 Å². The van der Waals surface area contributed by atoms with Gasteiger partial charge in [0, 0.05) is 11.9 Å². The number of para-hydroxylation sites is 2. The lowest BCUT2D eigenvalue weighted by Gasteiger charge is -2.05. The van der Waals surface area contributed by atoms with Crippen molar-refractivity contribution < 1.29 is 13.2 Å². The molecule has 0 N–H and O–H groups in total. The summed E-state index contributed by atoms with van der Waals surface area (Å²) in [6, 6.07) is 7.08. The van der Waals surface area contributed by atoms with E-state index < -0.39 is 5.51 Å². The van der Waals surface area contributed by atoms with Crippen LogP contribution >= 0.6 is 11.8 Å². The summed E-state index contributed by atoms with van der Waals surface area (Å²) in [6.45, 7) is 0. The Hall–Kier alpha value is -1.30. The second kappa shape index (κ2) is 4.29. The first-order chi connectivity index (χ1) is 7.54. The first-order valence-electron chi connectivity index (χ1n) is 4.46. The van der Waals surface area contributed by atoms with Crippen molar-refractivity contribution in [3.05, 3.63) is 36.2 Å². The lowest BCUT2D eigenvalue weighted by molar-refractivity contribution is -0.0329. The van der Waals surface area contributed by atoms with Crippen LogP contribution in [0.3, 0.4) is 0 Å². The van der Waals surface area contributed by atoms with Gasteiger partial charge in [0.25, 0.3) is 0 Å². The lowest BCUT2D eigenvalue weighted by atomic mass is 10.3. The Morgan fingerprint density at radius 2 is 1.81 bits per heavy atom. The largest absolute Gasteiger partial charge is 0.442 e. The highest BCUT2D eigenvalue weighted by molar-refractivity contribution is 7.99. The Morgan fingerprint density at radius 1 is 1.12 bits per heavy atom. The van der Waals surface area contributed by atoms with E-state index in [1.54, 1.807) is 24.3 Å². The summed E-state index contributed by atoms with van der Waals surface area (Å²) < 4.78 is 35.9. The fraction of sp³-hybridized carbons (Fsp3) is 0.200. The average Bonchev–Trinajstić information content (AvgIpc) is 2.25. The van der Waals surface area contributed by atoms with Crippen molar-refractivity contribution in [2.45, 2.75) is 11.3 Å². The number of thioether (sulfide) groups is 1. The molecular formula is C10H7F3N2S. The van der Waals surface area contributed by atoms with E-state index in [9.17, 15) is 13.2 Å². The van der Waals surface area contributed by atoms with Crippen molar-refractivity contribution in [3.63, 3.8) is 0 Å². The Kier molecular flexibility index (Phi) is 3.00. The van der Waals surface area contributed by atoms with Crippen LogP contribution in [0, 0.1) is 0 Å². The summed E-state index contributed by atoms with van der Waals surface area (Å²) >= 11 is -0.107. The summed E-state index contributed by atoms with van der Waals surface area (Å²) in [5.74, 6) is -0.207. The molecule has 1 aromatic heterocycles. The van der Waals surface area contributed by atoms with Crippen molar-refractivity contribution in [2.24, 2.45) is 0 Å². The molecule has 0 amide bonds. The Balaban J connectivity index is 2.20. The molecule has 2 rings (SSSR count). The van der Waals surface area contributed by atoms with Gasteiger partial charge in [0.15, 0.2) is 0 Å². The van der Waals surface area contributed by atoms with Gasteiger partial charge in [-0.05, 0) is 23.9 Å². The summed E-state index contributed by atoms with van der Waals surface area (Å²) in [7, 11) is 0. The second-order valence-electron chi connectivity index (χ2n) is 3.08. The van der Waals surface area contributed by atoms with Gasteiger partial charge in [0.2, 0.25) is 0 Å². The van der Waals surface area contributed by atoms with Gasteiger partial charge in [-0.15, -0.1) is 0 Å². The summed E-state index contributed by atoms with van der Waals surface area (Å²) in [4.78, 5) is 8.13. The van der Waals surface area contributed by atoms with Crippen molar-refractivity contribution in [2.75, 3.05) is 0 Å².